The minimum Gasteiger partial charge on any atom is -0.478 e. The number of amides is 1. The Balaban J connectivity index is 2.06. The van der Waals surface area contributed by atoms with Crippen LogP contribution in [0.3, 0.4) is 0 Å². The van der Waals surface area contributed by atoms with Crippen molar-refractivity contribution in [3.8, 4) is 5.88 Å². The molecular formula is C13H18N2O4. The number of nitrogens with zero attached hydrogens (tertiary/aromatic N) is 2. The van der Waals surface area contributed by atoms with Crippen LogP contribution in [0.2, 0.25) is 0 Å². The Morgan fingerprint density at radius 3 is 2.63 bits per heavy atom. The van der Waals surface area contributed by atoms with E-state index in [1.165, 1.54) is 4.90 Å². The Bertz CT molecular complexity index is 438. The fraction of sp³-hybridized carbons (Fsp3) is 0.538. The van der Waals surface area contributed by atoms with Crippen LogP contribution in [0.15, 0.2) is 18.3 Å². The third-order valence-corrected chi connectivity index (χ3v) is 3.43. The first-order chi connectivity index (χ1) is 9.05. The van der Waals surface area contributed by atoms with Gasteiger partial charge in [0, 0.05) is 30.9 Å². The van der Waals surface area contributed by atoms with Gasteiger partial charge < -0.3 is 19.8 Å². The molecule has 2 N–H and O–H groups in total. The van der Waals surface area contributed by atoms with Gasteiger partial charge in [0.05, 0.1) is 12.2 Å². The predicted molar refractivity (Wildman–Crippen MR) is 68.1 cm³/mol. The van der Waals surface area contributed by atoms with Crippen molar-refractivity contribution >= 4 is 6.09 Å². The van der Waals surface area contributed by atoms with E-state index < -0.39 is 11.7 Å². The standard InChI is InChI=1S/C13H18N2O4/c1-2-19-11-4-3-10(9-14-11)13(18)5-7-15(8-6-13)12(16)17/h3-4,9,18H,2,5-8H2,1H3,(H,16,17). The highest BCUT2D eigenvalue weighted by Gasteiger charge is 2.35. The van der Waals surface area contributed by atoms with Gasteiger partial charge in [0.25, 0.3) is 0 Å². The van der Waals surface area contributed by atoms with Gasteiger partial charge in [0.1, 0.15) is 0 Å². The molecule has 0 atom stereocenters. The molecule has 19 heavy (non-hydrogen) atoms. The van der Waals surface area contributed by atoms with Gasteiger partial charge in [-0.05, 0) is 25.8 Å². The fourth-order valence-corrected chi connectivity index (χ4v) is 2.25. The van der Waals surface area contributed by atoms with Gasteiger partial charge in [-0.25, -0.2) is 9.78 Å². The number of aromatic nitrogens is 1. The summed E-state index contributed by atoms with van der Waals surface area (Å²) in [7, 11) is 0. The summed E-state index contributed by atoms with van der Waals surface area (Å²) in [4.78, 5) is 16.3. The lowest BCUT2D eigenvalue weighted by Gasteiger charge is -2.37. The van der Waals surface area contributed by atoms with Gasteiger partial charge in [0.2, 0.25) is 5.88 Å². The summed E-state index contributed by atoms with van der Waals surface area (Å²) in [6, 6.07) is 3.51. The molecule has 0 spiro atoms. The molecule has 104 valence electrons. The first-order valence-corrected chi connectivity index (χ1v) is 6.35. The third kappa shape index (κ3) is 2.96. The number of rotatable bonds is 3. The fourth-order valence-electron chi connectivity index (χ4n) is 2.25. The van der Waals surface area contributed by atoms with Crippen molar-refractivity contribution in [3.05, 3.63) is 23.9 Å². The first-order valence-electron chi connectivity index (χ1n) is 6.35. The van der Waals surface area contributed by atoms with Gasteiger partial charge in [0.15, 0.2) is 0 Å². The topological polar surface area (TPSA) is 82.9 Å². The molecule has 0 aliphatic carbocycles. The van der Waals surface area contributed by atoms with Crippen LogP contribution in [0.4, 0.5) is 4.79 Å². The number of ether oxygens (including phenoxy) is 1. The monoisotopic (exact) mass is 266 g/mol. The van der Waals surface area contributed by atoms with Crippen LogP contribution in [-0.2, 0) is 5.60 Å². The summed E-state index contributed by atoms with van der Waals surface area (Å²) >= 11 is 0. The van der Waals surface area contributed by atoms with E-state index in [9.17, 15) is 9.90 Å². The number of carbonyl (C=O) groups is 1. The van der Waals surface area contributed by atoms with Crippen molar-refractivity contribution in [2.45, 2.75) is 25.4 Å². The third-order valence-electron chi connectivity index (χ3n) is 3.43. The van der Waals surface area contributed by atoms with Crippen molar-refractivity contribution in [1.29, 1.82) is 0 Å². The average molecular weight is 266 g/mol. The molecule has 6 nitrogen and oxygen atoms in total. The van der Waals surface area contributed by atoms with E-state index >= 15 is 0 Å². The molecule has 1 aromatic heterocycles. The largest absolute Gasteiger partial charge is 0.478 e. The summed E-state index contributed by atoms with van der Waals surface area (Å²) in [6.07, 6.45) is 1.43. The molecule has 1 saturated heterocycles. The highest BCUT2D eigenvalue weighted by atomic mass is 16.5. The summed E-state index contributed by atoms with van der Waals surface area (Å²) in [5, 5.41) is 19.5. The Morgan fingerprint density at radius 1 is 1.47 bits per heavy atom. The lowest BCUT2D eigenvalue weighted by atomic mass is 9.85. The van der Waals surface area contributed by atoms with E-state index in [-0.39, 0.29) is 0 Å². The zero-order valence-electron chi connectivity index (χ0n) is 10.9. The first kappa shape index (κ1) is 13.6. The van der Waals surface area contributed by atoms with Crippen molar-refractivity contribution in [3.63, 3.8) is 0 Å². The van der Waals surface area contributed by atoms with Gasteiger partial charge in [-0.2, -0.15) is 0 Å². The van der Waals surface area contributed by atoms with Gasteiger partial charge in [-0.1, -0.05) is 0 Å². The zero-order chi connectivity index (χ0) is 13.9. The number of pyridine rings is 1. The highest BCUT2D eigenvalue weighted by Crippen LogP contribution is 2.32. The number of hydrogen-bond donors (Lipinski definition) is 2. The van der Waals surface area contributed by atoms with Crippen LogP contribution in [0.1, 0.15) is 25.3 Å². The molecule has 1 amide bonds. The molecule has 2 heterocycles. The highest BCUT2D eigenvalue weighted by molar-refractivity contribution is 5.65. The average Bonchev–Trinajstić information content (AvgIpc) is 2.40. The maximum atomic E-state index is 10.8. The van der Waals surface area contributed by atoms with Gasteiger partial charge >= 0.3 is 6.09 Å². The summed E-state index contributed by atoms with van der Waals surface area (Å²) in [5.74, 6) is 0.526. The van der Waals surface area contributed by atoms with Crippen LogP contribution in [-0.4, -0.2) is 45.9 Å². The number of aliphatic hydroxyl groups is 1. The number of piperidine rings is 1. The quantitative estimate of drug-likeness (QED) is 0.865. The van der Waals surface area contributed by atoms with Crippen molar-refractivity contribution in [1.82, 2.24) is 9.88 Å². The molecule has 1 aromatic rings. The van der Waals surface area contributed by atoms with Crippen LogP contribution >= 0.6 is 0 Å². The maximum absolute atomic E-state index is 10.8. The van der Waals surface area contributed by atoms with Crippen LogP contribution in [0, 0.1) is 0 Å². The van der Waals surface area contributed by atoms with E-state index in [4.69, 9.17) is 9.84 Å². The minimum absolute atomic E-state index is 0.332. The molecule has 0 unspecified atom stereocenters. The Morgan fingerprint density at radius 2 is 2.16 bits per heavy atom. The SMILES string of the molecule is CCOc1ccc(C2(O)CCN(C(=O)O)CC2)cn1. The van der Waals surface area contributed by atoms with Crippen LogP contribution < -0.4 is 4.74 Å². The second-order valence-corrected chi connectivity index (χ2v) is 4.62. The number of hydrogen-bond acceptors (Lipinski definition) is 4. The van der Waals surface area contributed by atoms with Crippen molar-refractivity contribution in [2.24, 2.45) is 0 Å². The van der Waals surface area contributed by atoms with Gasteiger partial charge in [-0.15, -0.1) is 0 Å². The smallest absolute Gasteiger partial charge is 0.407 e. The molecule has 1 aliphatic heterocycles. The second kappa shape index (κ2) is 5.44. The number of likely N-dealkylation sites (tertiary alicyclic amines) is 1. The maximum Gasteiger partial charge on any atom is 0.407 e. The summed E-state index contributed by atoms with van der Waals surface area (Å²) < 4.78 is 5.25. The summed E-state index contributed by atoms with van der Waals surface area (Å²) in [5.41, 5.74) is -0.287. The molecule has 1 aliphatic rings. The molecule has 0 radical (unpaired) electrons. The van der Waals surface area contributed by atoms with E-state index in [1.54, 1.807) is 18.3 Å². The second-order valence-electron chi connectivity index (χ2n) is 4.62. The Kier molecular flexibility index (Phi) is 3.90. The van der Waals surface area contributed by atoms with Crippen LogP contribution in [0.25, 0.3) is 0 Å². The van der Waals surface area contributed by atoms with Crippen molar-refractivity contribution < 1.29 is 19.7 Å². The van der Waals surface area contributed by atoms with E-state index in [0.717, 1.165) is 0 Å². The lowest BCUT2D eigenvalue weighted by molar-refractivity contribution is -0.0216. The van der Waals surface area contributed by atoms with E-state index in [1.807, 2.05) is 6.92 Å². The molecule has 6 heteroatoms. The molecule has 0 saturated carbocycles. The normalized spacial score (nSPS) is 18.1. The van der Waals surface area contributed by atoms with Crippen molar-refractivity contribution in [2.75, 3.05) is 19.7 Å². The Hall–Kier alpha value is -1.82. The van der Waals surface area contributed by atoms with Gasteiger partial charge in [-0.3, -0.25) is 0 Å². The van der Waals surface area contributed by atoms with E-state index in [2.05, 4.69) is 4.98 Å². The van der Waals surface area contributed by atoms with Crippen LogP contribution in [0.5, 0.6) is 5.88 Å². The molecule has 0 bridgehead atoms. The molecule has 1 fully saturated rings. The molecule has 2 rings (SSSR count). The number of carboxylic acid groups (broad SMARTS) is 1. The minimum atomic E-state index is -0.996. The summed E-state index contributed by atoms with van der Waals surface area (Å²) in [6.45, 7) is 3.09. The molecular weight excluding hydrogens is 248 g/mol. The Labute approximate surface area is 111 Å². The lowest BCUT2D eigenvalue weighted by Crippen LogP contribution is -2.44. The molecule has 0 aromatic carbocycles. The van der Waals surface area contributed by atoms with E-state index in [0.29, 0.717) is 44.0 Å². The predicted octanol–water partition coefficient (Wildman–Crippen LogP) is 1.44. The zero-order valence-corrected chi connectivity index (χ0v) is 10.9.